The van der Waals surface area contributed by atoms with Gasteiger partial charge in [-0.15, -0.1) is 0 Å². The van der Waals surface area contributed by atoms with Crippen molar-refractivity contribution in [3.8, 4) is 0 Å². The minimum Gasteiger partial charge on any atom is -0.452 e. The highest BCUT2D eigenvalue weighted by molar-refractivity contribution is 5.89. The standard InChI is InChI=1S/C16H18N2O5/c1-11(13-6-7-13)17-15(19)10-23-16(20)8-5-12-3-2-4-14(9-12)18(21)22/h2-5,8-9,11,13H,6-7,10H2,1H3,(H,17,19)/b8-5+/t11-/m0/s1. The van der Waals surface area contributed by atoms with E-state index in [0.717, 1.165) is 18.9 Å². The van der Waals surface area contributed by atoms with Crippen LogP contribution in [-0.2, 0) is 14.3 Å². The van der Waals surface area contributed by atoms with Crippen molar-refractivity contribution in [2.45, 2.75) is 25.8 Å². The van der Waals surface area contributed by atoms with Crippen LogP contribution in [0.2, 0.25) is 0 Å². The molecule has 7 nitrogen and oxygen atoms in total. The minimum atomic E-state index is -0.675. The fourth-order valence-corrected chi connectivity index (χ4v) is 2.10. The predicted octanol–water partition coefficient (Wildman–Crippen LogP) is 2.07. The van der Waals surface area contributed by atoms with Crippen LogP contribution in [0, 0.1) is 16.0 Å². The number of nitrogens with zero attached hydrogens (tertiary/aromatic N) is 1. The first-order valence-electron chi connectivity index (χ1n) is 7.34. The number of non-ortho nitro benzene ring substituents is 1. The molecule has 122 valence electrons. The Morgan fingerprint density at radius 3 is 2.87 bits per heavy atom. The van der Waals surface area contributed by atoms with Gasteiger partial charge >= 0.3 is 5.97 Å². The highest BCUT2D eigenvalue weighted by Crippen LogP contribution is 2.32. The van der Waals surface area contributed by atoms with Gasteiger partial charge in [-0.2, -0.15) is 0 Å². The summed E-state index contributed by atoms with van der Waals surface area (Å²) < 4.78 is 4.83. The van der Waals surface area contributed by atoms with Gasteiger partial charge in [-0.3, -0.25) is 14.9 Å². The molecule has 7 heteroatoms. The number of benzene rings is 1. The third-order valence-corrected chi connectivity index (χ3v) is 3.56. The van der Waals surface area contributed by atoms with Gasteiger partial charge in [0.1, 0.15) is 0 Å². The van der Waals surface area contributed by atoms with E-state index in [0.29, 0.717) is 11.5 Å². The van der Waals surface area contributed by atoms with Crippen molar-refractivity contribution in [3.63, 3.8) is 0 Å². The van der Waals surface area contributed by atoms with E-state index in [1.807, 2.05) is 6.92 Å². The van der Waals surface area contributed by atoms with Crippen molar-refractivity contribution in [2.24, 2.45) is 5.92 Å². The molecule has 0 aromatic heterocycles. The quantitative estimate of drug-likeness (QED) is 0.359. The van der Waals surface area contributed by atoms with Crippen LogP contribution in [0.15, 0.2) is 30.3 Å². The summed E-state index contributed by atoms with van der Waals surface area (Å²) in [6.45, 7) is 1.59. The fraction of sp³-hybridized carbons (Fsp3) is 0.375. The zero-order valence-corrected chi connectivity index (χ0v) is 12.7. The number of esters is 1. The molecule has 0 saturated heterocycles. The second-order valence-electron chi connectivity index (χ2n) is 5.49. The first-order valence-corrected chi connectivity index (χ1v) is 7.34. The summed E-state index contributed by atoms with van der Waals surface area (Å²) in [7, 11) is 0. The third-order valence-electron chi connectivity index (χ3n) is 3.56. The summed E-state index contributed by atoms with van der Waals surface area (Å²) in [6, 6.07) is 5.95. The number of ether oxygens (including phenoxy) is 1. The van der Waals surface area contributed by atoms with E-state index in [1.54, 1.807) is 6.07 Å². The van der Waals surface area contributed by atoms with E-state index in [4.69, 9.17) is 4.74 Å². The number of nitrogens with one attached hydrogen (secondary N) is 1. The van der Waals surface area contributed by atoms with E-state index < -0.39 is 10.9 Å². The van der Waals surface area contributed by atoms with Gasteiger partial charge in [0.25, 0.3) is 11.6 Å². The second kappa shape index (κ2) is 7.53. The number of carbonyl (C=O) groups excluding carboxylic acids is 2. The Labute approximate surface area is 133 Å². The van der Waals surface area contributed by atoms with Gasteiger partial charge in [-0.25, -0.2) is 4.79 Å². The van der Waals surface area contributed by atoms with Crippen LogP contribution in [0.25, 0.3) is 6.08 Å². The molecule has 1 aliphatic carbocycles. The van der Waals surface area contributed by atoms with Crippen LogP contribution in [0.3, 0.4) is 0 Å². The molecule has 1 saturated carbocycles. The molecule has 1 atom stereocenters. The Morgan fingerprint density at radius 1 is 1.48 bits per heavy atom. The molecule has 2 rings (SSSR count). The molecule has 0 spiro atoms. The van der Waals surface area contributed by atoms with Crippen molar-refractivity contribution >= 4 is 23.6 Å². The maximum Gasteiger partial charge on any atom is 0.331 e. The fourth-order valence-electron chi connectivity index (χ4n) is 2.10. The second-order valence-corrected chi connectivity index (χ2v) is 5.49. The van der Waals surface area contributed by atoms with E-state index >= 15 is 0 Å². The maximum atomic E-state index is 11.6. The van der Waals surface area contributed by atoms with Crippen molar-refractivity contribution in [3.05, 3.63) is 46.0 Å². The van der Waals surface area contributed by atoms with Gasteiger partial charge in [0.05, 0.1) is 4.92 Å². The van der Waals surface area contributed by atoms with Gasteiger partial charge in [0.2, 0.25) is 0 Å². The van der Waals surface area contributed by atoms with Crippen LogP contribution in [0.5, 0.6) is 0 Å². The molecule has 1 aromatic rings. The Kier molecular flexibility index (Phi) is 5.46. The minimum absolute atomic E-state index is 0.0611. The number of nitro groups is 1. The first kappa shape index (κ1) is 16.7. The topological polar surface area (TPSA) is 98.5 Å². The summed E-state index contributed by atoms with van der Waals surface area (Å²) in [5.74, 6) is -0.476. The number of carbonyl (C=O) groups is 2. The number of hydrogen-bond donors (Lipinski definition) is 1. The van der Waals surface area contributed by atoms with Crippen molar-refractivity contribution in [2.75, 3.05) is 6.61 Å². The lowest BCUT2D eigenvalue weighted by Gasteiger charge is -2.12. The molecule has 0 aliphatic heterocycles. The van der Waals surface area contributed by atoms with E-state index in [1.165, 1.54) is 24.3 Å². The molecule has 0 radical (unpaired) electrons. The number of amides is 1. The molecule has 0 heterocycles. The molecule has 23 heavy (non-hydrogen) atoms. The summed E-state index contributed by atoms with van der Waals surface area (Å²) in [6.07, 6.45) is 4.77. The molecule has 1 fully saturated rings. The number of rotatable bonds is 7. The summed E-state index contributed by atoms with van der Waals surface area (Å²) in [5.41, 5.74) is 0.442. The van der Waals surface area contributed by atoms with Crippen LogP contribution in [0.4, 0.5) is 5.69 Å². The van der Waals surface area contributed by atoms with Crippen molar-refractivity contribution < 1.29 is 19.2 Å². The lowest BCUT2D eigenvalue weighted by atomic mass is 10.2. The zero-order chi connectivity index (χ0) is 16.8. The molecule has 1 aromatic carbocycles. The van der Waals surface area contributed by atoms with Gasteiger partial charge < -0.3 is 10.1 Å². The molecular formula is C16H18N2O5. The average Bonchev–Trinajstić information content (AvgIpc) is 3.36. The lowest BCUT2D eigenvalue weighted by molar-refractivity contribution is -0.384. The molecule has 1 aliphatic rings. The largest absolute Gasteiger partial charge is 0.452 e. The molecule has 1 N–H and O–H groups in total. The van der Waals surface area contributed by atoms with Gasteiger partial charge in [-0.1, -0.05) is 12.1 Å². The van der Waals surface area contributed by atoms with Crippen LogP contribution in [-0.4, -0.2) is 29.4 Å². The third kappa shape index (κ3) is 5.54. The van der Waals surface area contributed by atoms with Gasteiger partial charge in [-0.05, 0) is 37.3 Å². The van der Waals surface area contributed by atoms with Crippen molar-refractivity contribution in [1.29, 1.82) is 0 Å². The monoisotopic (exact) mass is 318 g/mol. The van der Waals surface area contributed by atoms with E-state index in [9.17, 15) is 19.7 Å². The molecule has 0 unspecified atom stereocenters. The van der Waals surface area contributed by atoms with Crippen LogP contribution in [0.1, 0.15) is 25.3 Å². The van der Waals surface area contributed by atoms with E-state index in [-0.39, 0.29) is 24.2 Å². The average molecular weight is 318 g/mol. The molecule has 1 amide bonds. The Morgan fingerprint density at radius 2 is 2.22 bits per heavy atom. The van der Waals surface area contributed by atoms with E-state index in [2.05, 4.69) is 5.32 Å². The SMILES string of the molecule is C[C@H](NC(=O)COC(=O)/C=C/c1cccc([N+](=O)[O-])c1)C1CC1. The zero-order valence-electron chi connectivity index (χ0n) is 12.7. The Bertz CT molecular complexity index is 637. The lowest BCUT2D eigenvalue weighted by Crippen LogP contribution is -2.36. The summed E-state index contributed by atoms with van der Waals surface area (Å²) >= 11 is 0. The normalized spacial score (nSPS) is 15.2. The Hall–Kier alpha value is -2.70. The highest BCUT2D eigenvalue weighted by atomic mass is 16.6. The van der Waals surface area contributed by atoms with Crippen LogP contribution < -0.4 is 5.32 Å². The molecule has 0 bridgehead atoms. The van der Waals surface area contributed by atoms with Crippen molar-refractivity contribution in [1.82, 2.24) is 5.32 Å². The van der Waals surface area contributed by atoms with Crippen LogP contribution >= 0.6 is 0 Å². The number of nitro benzene ring substituents is 1. The smallest absolute Gasteiger partial charge is 0.331 e. The van der Waals surface area contributed by atoms with Gasteiger partial charge in [0, 0.05) is 24.3 Å². The summed E-state index contributed by atoms with van der Waals surface area (Å²) in [5, 5.41) is 13.4. The highest BCUT2D eigenvalue weighted by Gasteiger charge is 2.28. The number of hydrogen-bond acceptors (Lipinski definition) is 5. The van der Waals surface area contributed by atoms with Gasteiger partial charge in [0.15, 0.2) is 6.61 Å². The Balaban J connectivity index is 1.78. The predicted molar refractivity (Wildman–Crippen MR) is 83.4 cm³/mol. The molecular weight excluding hydrogens is 300 g/mol. The first-order chi connectivity index (χ1) is 11.0. The summed E-state index contributed by atoms with van der Waals surface area (Å²) in [4.78, 5) is 33.3. The maximum absolute atomic E-state index is 11.6.